The number of likely N-dealkylation sites (tertiary alicyclic amines) is 1. The monoisotopic (exact) mass is 336 g/mol. The average molecular weight is 336 g/mol. The number of hydrogen-bond acceptors (Lipinski definition) is 4. The van der Waals surface area contributed by atoms with E-state index in [1.807, 2.05) is 17.0 Å². The predicted octanol–water partition coefficient (Wildman–Crippen LogP) is 2.91. The summed E-state index contributed by atoms with van der Waals surface area (Å²) in [5.74, 6) is 1.56. The number of anilines is 1. The third-order valence-corrected chi connectivity index (χ3v) is 5.40. The highest BCUT2D eigenvalue weighted by Crippen LogP contribution is 2.23. The van der Waals surface area contributed by atoms with Crippen molar-refractivity contribution in [3.63, 3.8) is 0 Å². The van der Waals surface area contributed by atoms with E-state index in [4.69, 9.17) is 0 Å². The van der Waals surface area contributed by atoms with Crippen molar-refractivity contribution in [2.24, 2.45) is 5.92 Å². The summed E-state index contributed by atoms with van der Waals surface area (Å²) in [5, 5.41) is 8.56. The molecule has 130 valence electrons. The van der Waals surface area contributed by atoms with Crippen LogP contribution in [0.5, 0.6) is 0 Å². The molecule has 0 N–H and O–H groups in total. The van der Waals surface area contributed by atoms with Gasteiger partial charge in [0, 0.05) is 26.2 Å². The van der Waals surface area contributed by atoms with E-state index >= 15 is 0 Å². The van der Waals surface area contributed by atoms with Gasteiger partial charge in [0.2, 0.25) is 0 Å². The lowest BCUT2D eigenvalue weighted by molar-refractivity contribution is 0.0690. The molecule has 3 heterocycles. The number of amides is 1. The SMILES string of the molecule is CC1CCN(C(=O)c2ccc(N3CCc4ccccc4C3)nn2)CC1. The van der Waals surface area contributed by atoms with E-state index in [0.717, 1.165) is 51.3 Å². The van der Waals surface area contributed by atoms with Gasteiger partial charge in [0.25, 0.3) is 5.91 Å². The van der Waals surface area contributed by atoms with Gasteiger partial charge in [-0.3, -0.25) is 4.79 Å². The number of carbonyl (C=O) groups excluding carboxylic acids is 1. The smallest absolute Gasteiger partial charge is 0.274 e. The van der Waals surface area contributed by atoms with Gasteiger partial charge in [-0.25, -0.2) is 0 Å². The minimum Gasteiger partial charge on any atom is -0.350 e. The van der Waals surface area contributed by atoms with Gasteiger partial charge in [-0.15, -0.1) is 10.2 Å². The van der Waals surface area contributed by atoms with Gasteiger partial charge in [-0.05, 0) is 48.4 Å². The largest absolute Gasteiger partial charge is 0.350 e. The molecule has 2 aromatic rings. The van der Waals surface area contributed by atoms with Gasteiger partial charge >= 0.3 is 0 Å². The van der Waals surface area contributed by atoms with Crippen LogP contribution in [0.15, 0.2) is 36.4 Å². The quantitative estimate of drug-likeness (QED) is 0.846. The van der Waals surface area contributed by atoms with Gasteiger partial charge in [0.1, 0.15) is 0 Å². The molecule has 0 radical (unpaired) electrons. The van der Waals surface area contributed by atoms with E-state index in [1.54, 1.807) is 0 Å². The van der Waals surface area contributed by atoms with Crippen molar-refractivity contribution >= 4 is 11.7 Å². The summed E-state index contributed by atoms with van der Waals surface area (Å²) in [6.45, 7) is 5.68. The molecule has 0 spiro atoms. The zero-order valence-electron chi connectivity index (χ0n) is 14.7. The molecule has 5 nitrogen and oxygen atoms in total. The summed E-state index contributed by atoms with van der Waals surface area (Å²) in [6.07, 6.45) is 3.17. The molecule has 1 aromatic heterocycles. The molecular weight excluding hydrogens is 312 g/mol. The van der Waals surface area contributed by atoms with Gasteiger partial charge in [0.05, 0.1) is 0 Å². The topological polar surface area (TPSA) is 49.3 Å². The summed E-state index contributed by atoms with van der Waals surface area (Å²) >= 11 is 0. The van der Waals surface area contributed by atoms with Crippen LogP contribution >= 0.6 is 0 Å². The lowest BCUT2D eigenvalue weighted by Gasteiger charge is -2.30. The zero-order valence-corrected chi connectivity index (χ0v) is 14.7. The van der Waals surface area contributed by atoms with Crippen molar-refractivity contribution in [1.82, 2.24) is 15.1 Å². The normalized spacial score (nSPS) is 18.1. The third kappa shape index (κ3) is 3.36. The van der Waals surface area contributed by atoms with Crippen LogP contribution in [-0.4, -0.2) is 40.6 Å². The van der Waals surface area contributed by atoms with E-state index < -0.39 is 0 Å². The molecule has 1 saturated heterocycles. The fourth-order valence-corrected chi connectivity index (χ4v) is 3.67. The fourth-order valence-electron chi connectivity index (χ4n) is 3.67. The van der Waals surface area contributed by atoms with Crippen LogP contribution in [-0.2, 0) is 13.0 Å². The molecule has 2 aliphatic rings. The number of fused-ring (bicyclic) bond motifs is 1. The Labute approximate surface area is 148 Å². The Morgan fingerprint density at radius 2 is 1.76 bits per heavy atom. The Bertz CT molecular complexity index is 751. The van der Waals surface area contributed by atoms with Crippen molar-refractivity contribution in [3.05, 3.63) is 53.2 Å². The van der Waals surface area contributed by atoms with E-state index in [0.29, 0.717) is 11.6 Å². The molecule has 0 aliphatic carbocycles. The summed E-state index contributed by atoms with van der Waals surface area (Å²) in [4.78, 5) is 16.7. The highest BCUT2D eigenvalue weighted by molar-refractivity contribution is 5.92. The fraction of sp³-hybridized carbons (Fsp3) is 0.450. The summed E-state index contributed by atoms with van der Waals surface area (Å²) in [6, 6.07) is 12.3. The molecule has 25 heavy (non-hydrogen) atoms. The second-order valence-corrected chi connectivity index (χ2v) is 7.19. The second-order valence-electron chi connectivity index (χ2n) is 7.19. The minimum atomic E-state index is 0.00920. The molecule has 0 bridgehead atoms. The van der Waals surface area contributed by atoms with Crippen LogP contribution in [0, 0.1) is 5.92 Å². The predicted molar refractivity (Wildman–Crippen MR) is 97.5 cm³/mol. The molecular formula is C20H24N4O. The Morgan fingerprint density at radius 1 is 1.00 bits per heavy atom. The van der Waals surface area contributed by atoms with E-state index in [1.165, 1.54) is 11.1 Å². The Hall–Kier alpha value is -2.43. The summed E-state index contributed by atoms with van der Waals surface area (Å²) in [5.41, 5.74) is 3.21. The van der Waals surface area contributed by atoms with Crippen molar-refractivity contribution in [1.29, 1.82) is 0 Å². The summed E-state index contributed by atoms with van der Waals surface area (Å²) < 4.78 is 0. The zero-order chi connectivity index (χ0) is 17.2. The molecule has 1 aromatic carbocycles. The molecule has 1 amide bonds. The van der Waals surface area contributed by atoms with Gasteiger partial charge < -0.3 is 9.80 Å². The first-order chi connectivity index (χ1) is 12.2. The van der Waals surface area contributed by atoms with Crippen LogP contribution in [0.3, 0.4) is 0 Å². The molecule has 4 rings (SSSR count). The Morgan fingerprint density at radius 3 is 2.48 bits per heavy atom. The Kier molecular flexibility index (Phi) is 4.38. The molecule has 0 unspecified atom stereocenters. The first-order valence-corrected chi connectivity index (χ1v) is 9.15. The van der Waals surface area contributed by atoms with Gasteiger partial charge in [0.15, 0.2) is 11.5 Å². The van der Waals surface area contributed by atoms with Crippen LogP contribution in [0.4, 0.5) is 5.82 Å². The maximum atomic E-state index is 12.6. The first kappa shape index (κ1) is 16.1. The molecule has 0 saturated carbocycles. The number of benzene rings is 1. The summed E-state index contributed by atoms with van der Waals surface area (Å²) in [7, 11) is 0. The average Bonchev–Trinajstić information content (AvgIpc) is 2.68. The number of carbonyl (C=O) groups is 1. The van der Waals surface area contributed by atoms with Crippen LogP contribution in [0.2, 0.25) is 0 Å². The molecule has 0 atom stereocenters. The van der Waals surface area contributed by atoms with Crippen molar-refractivity contribution in [3.8, 4) is 0 Å². The first-order valence-electron chi connectivity index (χ1n) is 9.15. The third-order valence-electron chi connectivity index (χ3n) is 5.40. The van der Waals surface area contributed by atoms with E-state index in [-0.39, 0.29) is 5.91 Å². The van der Waals surface area contributed by atoms with Crippen molar-refractivity contribution < 1.29 is 4.79 Å². The van der Waals surface area contributed by atoms with Gasteiger partial charge in [-0.2, -0.15) is 0 Å². The van der Waals surface area contributed by atoms with Crippen molar-refractivity contribution in [2.45, 2.75) is 32.7 Å². The molecule has 1 fully saturated rings. The number of hydrogen-bond donors (Lipinski definition) is 0. The molecule has 5 heteroatoms. The maximum Gasteiger partial charge on any atom is 0.274 e. The Balaban J connectivity index is 1.45. The lowest BCUT2D eigenvalue weighted by atomic mass is 9.99. The number of rotatable bonds is 2. The van der Waals surface area contributed by atoms with Crippen molar-refractivity contribution in [2.75, 3.05) is 24.5 Å². The minimum absolute atomic E-state index is 0.00920. The van der Waals surface area contributed by atoms with Crippen LogP contribution in [0.1, 0.15) is 41.4 Å². The number of piperidine rings is 1. The van der Waals surface area contributed by atoms with E-state index in [9.17, 15) is 4.79 Å². The second kappa shape index (κ2) is 6.82. The van der Waals surface area contributed by atoms with Crippen LogP contribution < -0.4 is 4.90 Å². The van der Waals surface area contributed by atoms with Crippen LogP contribution in [0.25, 0.3) is 0 Å². The molecule has 2 aliphatic heterocycles. The maximum absolute atomic E-state index is 12.6. The lowest BCUT2D eigenvalue weighted by Crippen LogP contribution is -2.38. The standard InChI is InChI=1S/C20H24N4O/c1-15-8-11-23(12-9-15)20(25)18-6-7-19(22-21-18)24-13-10-16-4-2-3-5-17(16)14-24/h2-7,15H,8-14H2,1H3. The number of aromatic nitrogens is 2. The highest BCUT2D eigenvalue weighted by Gasteiger charge is 2.23. The highest BCUT2D eigenvalue weighted by atomic mass is 16.2. The van der Waals surface area contributed by atoms with E-state index in [2.05, 4.69) is 46.3 Å². The van der Waals surface area contributed by atoms with Gasteiger partial charge in [-0.1, -0.05) is 31.2 Å². The number of nitrogens with zero attached hydrogens (tertiary/aromatic N) is 4.